The molecule has 0 aromatic carbocycles. The Morgan fingerprint density at radius 2 is 2.08 bits per heavy atom. The first-order valence-electron chi connectivity index (χ1n) is 9.66. The Labute approximate surface area is 144 Å². The van der Waals surface area contributed by atoms with Crippen molar-refractivity contribution in [2.75, 3.05) is 13.1 Å². The lowest BCUT2D eigenvalue weighted by atomic mass is 9.86. The second-order valence-corrected chi connectivity index (χ2v) is 7.58. The number of nitrogens with zero attached hydrogens (tertiary/aromatic N) is 3. The maximum Gasteiger partial charge on any atom is 0.223 e. The highest BCUT2D eigenvalue weighted by Crippen LogP contribution is 2.33. The fourth-order valence-electron chi connectivity index (χ4n) is 4.50. The lowest BCUT2D eigenvalue weighted by molar-refractivity contribution is -0.133. The van der Waals surface area contributed by atoms with E-state index in [9.17, 15) is 4.79 Å². The summed E-state index contributed by atoms with van der Waals surface area (Å²) in [6.07, 6.45) is 12.1. The van der Waals surface area contributed by atoms with Crippen LogP contribution in [0.25, 0.3) is 0 Å². The Balaban J connectivity index is 1.47. The van der Waals surface area contributed by atoms with E-state index in [2.05, 4.69) is 15.2 Å². The molecule has 1 amide bonds. The van der Waals surface area contributed by atoms with Crippen LogP contribution in [0.15, 0.2) is 6.20 Å². The molecule has 2 aliphatic heterocycles. The maximum absolute atomic E-state index is 12.8. The van der Waals surface area contributed by atoms with Crippen LogP contribution in [-0.4, -0.2) is 33.9 Å². The smallest absolute Gasteiger partial charge is 0.223 e. The molecule has 2 fully saturated rings. The summed E-state index contributed by atoms with van der Waals surface area (Å²) in [5.41, 5.74) is 2.38. The molecular weight excluding hydrogens is 300 g/mol. The van der Waals surface area contributed by atoms with E-state index < -0.39 is 0 Å². The minimum atomic E-state index is 0.0984. The summed E-state index contributed by atoms with van der Waals surface area (Å²) in [6.45, 7) is 2.72. The Morgan fingerprint density at radius 1 is 1.21 bits per heavy atom. The summed E-state index contributed by atoms with van der Waals surface area (Å²) in [7, 11) is 0. The van der Waals surface area contributed by atoms with Crippen LogP contribution in [0.5, 0.6) is 0 Å². The van der Waals surface area contributed by atoms with Crippen LogP contribution in [0.3, 0.4) is 0 Å². The van der Waals surface area contributed by atoms with Crippen molar-refractivity contribution in [1.82, 2.24) is 20.2 Å². The molecule has 24 heavy (non-hydrogen) atoms. The highest BCUT2D eigenvalue weighted by atomic mass is 16.2. The van der Waals surface area contributed by atoms with Gasteiger partial charge < -0.3 is 10.2 Å². The van der Waals surface area contributed by atoms with Crippen molar-refractivity contribution in [2.45, 2.75) is 70.4 Å². The van der Waals surface area contributed by atoms with E-state index in [0.717, 1.165) is 51.1 Å². The maximum atomic E-state index is 12.8. The second-order valence-electron chi connectivity index (χ2n) is 7.58. The molecule has 0 spiro atoms. The summed E-state index contributed by atoms with van der Waals surface area (Å²) >= 11 is 0. The zero-order valence-corrected chi connectivity index (χ0v) is 14.5. The molecule has 0 radical (unpaired) electrons. The van der Waals surface area contributed by atoms with Crippen molar-refractivity contribution in [2.24, 2.45) is 5.92 Å². The van der Waals surface area contributed by atoms with Gasteiger partial charge in [-0.05, 0) is 31.6 Å². The highest BCUT2D eigenvalue weighted by molar-refractivity contribution is 5.77. The summed E-state index contributed by atoms with van der Waals surface area (Å²) in [5.74, 6) is 1.79. The molecule has 1 aromatic rings. The number of nitrogens with one attached hydrogen (secondary N) is 1. The monoisotopic (exact) mass is 328 g/mol. The number of likely N-dealkylation sites (tertiary alicyclic amines) is 1. The Kier molecular flexibility index (Phi) is 4.79. The molecule has 1 aromatic heterocycles. The van der Waals surface area contributed by atoms with Gasteiger partial charge in [-0.15, -0.1) is 0 Å². The van der Waals surface area contributed by atoms with Gasteiger partial charge in [-0.2, -0.15) is 0 Å². The molecule has 4 rings (SSSR count). The standard InChI is InChI=1S/C19H28N4O/c24-18(11-14-5-2-1-3-6-14)23-10-4-7-17(23)19-21-13-15-12-20-9-8-16(15)22-19/h13-14,17,20H,1-12H2/t17-/m1/s1. The van der Waals surface area contributed by atoms with E-state index in [1.54, 1.807) is 0 Å². The van der Waals surface area contributed by atoms with Crippen molar-refractivity contribution < 1.29 is 4.79 Å². The molecule has 130 valence electrons. The van der Waals surface area contributed by atoms with E-state index in [4.69, 9.17) is 4.98 Å². The average Bonchev–Trinajstić information content (AvgIpc) is 3.12. The molecular formula is C19H28N4O. The summed E-state index contributed by atoms with van der Waals surface area (Å²) in [4.78, 5) is 24.4. The van der Waals surface area contributed by atoms with Crippen LogP contribution in [0.4, 0.5) is 0 Å². The van der Waals surface area contributed by atoms with Gasteiger partial charge in [0.05, 0.1) is 6.04 Å². The number of carbonyl (C=O) groups is 1. The average molecular weight is 328 g/mol. The van der Waals surface area contributed by atoms with Gasteiger partial charge >= 0.3 is 0 Å². The van der Waals surface area contributed by atoms with Crippen LogP contribution >= 0.6 is 0 Å². The number of carbonyl (C=O) groups excluding carboxylic acids is 1. The lowest BCUT2D eigenvalue weighted by Gasteiger charge is -2.28. The topological polar surface area (TPSA) is 58.1 Å². The van der Waals surface area contributed by atoms with E-state index in [1.165, 1.54) is 43.4 Å². The molecule has 5 heteroatoms. The number of fused-ring (bicyclic) bond motifs is 1. The quantitative estimate of drug-likeness (QED) is 0.927. The van der Waals surface area contributed by atoms with Gasteiger partial charge in [0.2, 0.25) is 5.91 Å². The normalized spacial score (nSPS) is 24.8. The minimum absolute atomic E-state index is 0.0984. The largest absolute Gasteiger partial charge is 0.332 e. The lowest BCUT2D eigenvalue weighted by Crippen LogP contribution is -2.33. The van der Waals surface area contributed by atoms with Crippen LogP contribution < -0.4 is 5.32 Å². The van der Waals surface area contributed by atoms with Gasteiger partial charge in [-0.25, -0.2) is 9.97 Å². The highest BCUT2D eigenvalue weighted by Gasteiger charge is 2.33. The summed E-state index contributed by atoms with van der Waals surface area (Å²) in [6, 6.07) is 0.0984. The van der Waals surface area contributed by atoms with Crippen molar-refractivity contribution in [1.29, 1.82) is 0 Å². The first-order chi connectivity index (χ1) is 11.8. The molecule has 1 saturated heterocycles. The van der Waals surface area contributed by atoms with Crippen LogP contribution in [-0.2, 0) is 17.8 Å². The van der Waals surface area contributed by atoms with Crippen molar-refractivity contribution in [3.05, 3.63) is 23.3 Å². The molecule has 0 unspecified atom stereocenters. The molecule has 0 bridgehead atoms. The Morgan fingerprint density at radius 3 is 2.96 bits per heavy atom. The molecule has 5 nitrogen and oxygen atoms in total. The predicted molar refractivity (Wildman–Crippen MR) is 92.3 cm³/mol. The molecule has 1 atom stereocenters. The fourth-order valence-corrected chi connectivity index (χ4v) is 4.50. The molecule has 3 aliphatic rings. The van der Waals surface area contributed by atoms with Crippen molar-refractivity contribution in [3.63, 3.8) is 0 Å². The van der Waals surface area contributed by atoms with Gasteiger partial charge in [-0.3, -0.25) is 4.79 Å². The third-order valence-electron chi connectivity index (χ3n) is 5.89. The first-order valence-corrected chi connectivity index (χ1v) is 9.66. The Hall–Kier alpha value is -1.49. The first kappa shape index (κ1) is 16.0. The number of hydrogen-bond acceptors (Lipinski definition) is 4. The molecule has 1 aliphatic carbocycles. The number of amides is 1. The van der Waals surface area contributed by atoms with Gasteiger partial charge in [0.1, 0.15) is 0 Å². The van der Waals surface area contributed by atoms with Crippen LogP contribution in [0.1, 0.15) is 74.5 Å². The third-order valence-corrected chi connectivity index (χ3v) is 5.89. The van der Waals surface area contributed by atoms with Gasteiger partial charge in [-0.1, -0.05) is 19.3 Å². The van der Waals surface area contributed by atoms with E-state index >= 15 is 0 Å². The molecule has 1 saturated carbocycles. The summed E-state index contributed by atoms with van der Waals surface area (Å²) < 4.78 is 0. The number of hydrogen-bond donors (Lipinski definition) is 1. The predicted octanol–water partition coefficient (Wildman–Crippen LogP) is 2.76. The van der Waals surface area contributed by atoms with Gasteiger partial charge in [0.15, 0.2) is 5.82 Å². The van der Waals surface area contributed by atoms with E-state index in [-0.39, 0.29) is 6.04 Å². The third kappa shape index (κ3) is 3.32. The second kappa shape index (κ2) is 7.18. The number of rotatable bonds is 3. The van der Waals surface area contributed by atoms with Crippen LogP contribution in [0.2, 0.25) is 0 Å². The Bertz CT molecular complexity index is 597. The van der Waals surface area contributed by atoms with Gasteiger partial charge in [0, 0.05) is 49.9 Å². The SMILES string of the molecule is O=C(CC1CCCCC1)N1CCC[C@@H]1c1ncc2c(n1)CCNC2. The van der Waals surface area contributed by atoms with E-state index in [1.807, 2.05) is 6.20 Å². The van der Waals surface area contributed by atoms with E-state index in [0.29, 0.717) is 11.8 Å². The van der Waals surface area contributed by atoms with Crippen molar-refractivity contribution in [3.8, 4) is 0 Å². The van der Waals surface area contributed by atoms with Crippen molar-refractivity contribution >= 4 is 5.91 Å². The minimum Gasteiger partial charge on any atom is -0.332 e. The molecule has 3 heterocycles. The van der Waals surface area contributed by atoms with Crippen LogP contribution in [0, 0.1) is 5.92 Å². The summed E-state index contributed by atoms with van der Waals surface area (Å²) in [5, 5.41) is 3.36. The molecule has 1 N–H and O–H groups in total. The van der Waals surface area contributed by atoms with Gasteiger partial charge in [0.25, 0.3) is 0 Å². The number of aromatic nitrogens is 2. The zero-order valence-electron chi connectivity index (χ0n) is 14.5. The fraction of sp³-hybridized carbons (Fsp3) is 0.737. The zero-order chi connectivity index (χ0) is 16.4.